The van der Waals surface area contributed by atoms with Gasteiger partial charge < -0.3 is 14.5 Å². The van der Waals surface area contributed by atoms with Gasteiger partial charge in [0.2, 0.25) is 0 Å². The molecule has 1 atom stereocenters. The summed E-state index contributed by atoms with van der Waals surface area (Å²) >= 11 is 0. The molecule has 4 nitrogen and oxygen atoms in total. The molecule has 2 aliphatic rings. The predicted molar refractivity (Wildman–Crippen MR) is 92.8 cm³/mol. The number of hydrogen-bond donors (Lipinski definition) is 0. The maximum absolute atomic E-state index is 12.3. The van der Waals surface area contributed by atoms with Gasteiger partial charge in [0.1, 0.15) is 6.10 Å². The number of anilines is 1. The van der Waals surface area contributed by atoms with Gasteiger partial charge in [0.05, 0.1) is 0 Å². The maximum atomic E-state index is 12.3. The molecule has 0 bridgehead atoms. The zero-order chi connectivity index (χ0) is 16.2. The van der Waals surface area contributed by atoms with Crippen molar-refractivity contribution in [2.45, 2.75) is 39.2 Å². The number of rotatable bonds is 5. The zero-order valence-electron chi connectivity index (χ0n) is 14.3. The number of piperidine rings is 1. The molecule has 1 unspecified atom stereocenters. The average Bonchev–Trinajstić information content (AvgIpc) is 2.98. The van der Waals surface area contributed by atoms with Crippen LogP contribution in [0.2, 0.25) is 0 Å². The van der Waals surface area contributed by atoms with Crippen LogP contribution < -0.4 is 4.90 Å². The van der Waals surface area contributed by atoms with Gasteiger partial charge in [0.25, 0.3) is 5.91 Å². The van der Waals surface area contributed by atoms with Gasteiger partial charge in [-0.15, -0.1) is 0 Å². The standard InChI is InChI=1S/C19H28N2O2/c1-3-23-15(2)19(22)20-11-8-16(9-12-20)14-21-13-10-17-6-4-5-7-18(17)21/h4-7,15-16H,3,8-14H2,1-2H3. The van der Waals surface area contributed by atoms with Crippen LogP contribution in [0.1, 0.15) is 32.3 Å². The highest BCUT2D eigenvalue weighted by atomic mass is 16.5. The molecule has 23 heavy (non-hydrogen) atoms. The van der Waals surface area contributed by atoms with Gasteiger partial charge in [0.15, 0.2) is 0 Å². The van der Waals surface area contributed by atoms with Crippen molar-refractivity contribution in [1.29, 1.82) is 0 Å². The molecule has 2 heterocycles. The molecule has 1 aromatic rings. The van der Waals surface area contributed by atoms with Crippen LogP contribution in [0.5, 0.6) is 0 Å². The number of likely N-dealkylation sites (tertiary alicyclic amines) is 1. The van der Waals surface area contributed by atoms with Crippen LogP contribution in [0, 0.1) is 5.92 Å². The van der Waals surface area contributed by atoms with Gasteiger partial charge in [-0.1, -0.05) is 18.2 Å². The Morgan fingerprint density at radius 3 is 2.74 bits per heavy atom. The molecule has 1 saturated heterocycles. The molecule has 1 aromatic carbocycles. The topological polar surface area (TPSA) is 32.8 Å². The molecule has 0 radical (unpaired) electrons. The summed E-state index contributed by atoms with van der Waals surface area (Å²) in [4.78, 5) is 16.8. The van der Waals surface area contributed by atoms with E-state index in [0.717, 1.165) is 39.0 Å². The third-order valence-corrected chi connectivity index (χ3v) is 5.15. The lowest BCUT2D eigenvalue weighted by Crippen LogP contribution is -2.45. The van der Waals surface area contributed by atoms with E-state index in [-0.39, 0.29) is 12.0 Å². The first-order chi connectivity index (χ1) is 11.2. The Morgan fingerprint density at radius 1 is 1.26 bits per heavy atom. The lowest BCUT2D eigenvalue weighted by molar-refractivity contribution is -0.143. The molecule has 2 aliphatic heterocycles. The van der Waals surface area contributed by atoms with E-state index in [1.165, 1.54) is 17.7 Å². The summed E-state index contributed by atoms with van der Waals surface area (Å²) in [6.07, 6.45) is 3.06. The maximum Gasteiger partial charge on any atom is 0.251 e. The normalized spacial score (nSPS) is 19.7. The molecule has 0 spiro atoms. The Bertz CT molecular complexity index is 538. The largest absolute Gasteiger partial charge is 0.371 e. The summed E-state index contributed by atoms with van der Waals surface area (Å²) in [5, 5.41) is 0. The fraction of sp³-hybridized carbons (Fsp3) is 0.632. The van der Waals surface area contributed by atoms with Gasteiger partial charge in [-0.3, -0.25) is 4.79 Å². The van der Waals surface area contributed by atoms with Crippen molar-refractivity contribution in [1.82, 2.24) is 4.90 Å². The summed E-state index contributed by atoms with van der Waals surface area (Å²) in [5.41, 5.74) is 2.89. The summed E-state index contributed by atoms with van der Waals surface area (Å²) in [7, 11) is 0. The van der Waals surface area contributed by atoms with Gasteiger partial charge in [-0.2, -0.15) is 0 Å². The predicted octanol–water partition coefficient (Wildman–Crippen LogP) is 2.71. The van der Waals surface area contributed by atoms with Crippen LogP contribution in [-0.4, -0.2) is 49.7 Å². The number of benzene rings is 1. The van der Waals surface area contributed by atoms with Crippen molar-refractivity contribution in [3.63, 3.8) is 0 Å². The van der Waals surface area contributed by atoms with Gasteiger partial charge >= 0.3 is 0 Å². The zero-order valence-corrected chi connectivity index (χ0v) is 14.3. The third-order valence-electron chi connectivity index (χ3n) is 5.15. The van der Waals surface area contributed by atoms with Crippen LogP contribution in [0.4, 0.5) is 5.69 Å². The van der Waals surface area contributed by atoms with E-state index in [9.17, 15) is 4.79 Å². The second-order valence-electron chi connectivity index (χ2n) is 6.69. The van der Waals surface area contributed by atoms with Crippen molar-refractivity contribution in [3.8, 4) is 0 Å². The minimum absolute atomic E-state index is 0.150. The fourth-order valence-electron chi connectivity index (χ4n) is 3.82. The van der Waals surface area contributed by atoms with Crippen molar-refractivity contribution in [2.24, 2.45) is 5.92 Å². The second kappa shape index (κ2) is 7.35. The molecule has 3 rings (SSSR count). The highest BCUT2D eigenvalue weighted by Gasteiger charge is 2.28. The van der Waals surface area contributed by atoms with E-state index in [2.05, 4.69) is 29.2 Å². The summed E-state index contributed by atoms with van der Waals surface area (Å²) in [6.45, 7) is 8.40. The van der Waals surface area contributed by atoms with E-state index < -0.39 is 0 Å². The number of ether oxygens (including phenoxy) is 1. The smallest absolute Gasteiger partial charge is 0.251 e. The summed E-state index contributed by atoms with van der Waals surface area (Å²) < 4.78 is 5.43. The van der Waals surface area contributed by atoms with Gasteiger partial charge in [-0.25, -0.2) is 0 Å². The molecule has 0 N–H and O–H groups in total. The van der Waals surface area contributed by atoms with Crippen LogP contribution in [0.25, 0.3) is 0 Å². The number of nitrogens with zero attached hydrogens (tertiary/aromatic N) is 2. The first-order valence-electron chi connectivity index (χ1n) is 8.92. The van der Waals surface area contributed by atoms with Crippen molar-refractivity contribution in [2.75, 3.05) is 37.7 Å². The number of hydrogen-bond acceptors (Lipinski definition) is 3. The third kappa shape index (κ3) is 3.69. The Kier molecular flexibility index (Phi) is 5.21. The fourth-order valence-corrected chi connectivity index (χ4v) is 3.82. The highest BCUT2D eigenvalue weighted by molar-refractivity contribution is 5.80. The number of carbonyl (C=O) groups excluding carboxylic acids is 1. The van der Waals surface area contributed by atoms with Crippen molar-refractivity contribution >= 4 is 11.6 Å². The first kappa shape index (κ1) is 16.3. The second-order valence-corrected chi connectivity index (χ2v) is 6.69. The molecule has 0 aromatic heterocycles. The van der Waals surface area contributed by atoms with Crippen LogP contribution >= 0.6 is 0 Å². The number of para-hydroxylation sites is 1. The van der Waals surface area contributed by atoms with Crippen molar-refractivity contribution < 1.29 is 9.53 Å². The van der Waals surface area contributed by atoms with E-state index >= 15 is 0 Å². The lowest BCUT2D eigenvalue weighted by atomic mass is 9.95. The number of amides is 1. The first-order valence-corrected chi connectivity index (χ1v) is 8.92. The number of carbonyl (C=O) groups is 1. The van der Waals surface area contributed by atoms with Gasteiger partial charge in [0, 0.05) is 38.5 Å². The van der Waals surface area contributed by atoms with Crippen molar-refractivity contribution in [3.05, 3.63) is 29.8 Å². The minimum atomic E-state index is -0.304. The Balaban J connectivity index is 1.50. The summed E-state index contributed by atoms with van der Waals surface area (Å²) in [5.74, 6) is 0.837. The lowest BCUT2D eigenvalue weighted by Gasteiger charge is -2.35. The summed E-state index contributed by atoms with van der Waals surface area (Å²) in [6, 6.07) is 8.75. The molecule has 0 saturated carbocycles. The molecule has 126 valence electrons. The van der Waals surface area contributed by atoms with E-state index in [0.29, 0.717) is 12.5 Å². The quantitative estimate of drug-likeness (QED) is 0.837. The molecule has 1 fully saturated rings. The molecular weight excluding hydrogens is 288 g/mol. The van der Waals surface area contributed by atoms with Crippen LogP contribution in [-0.2, 0) is 16.0 Å². The van der Waals surface area contributed by atoms with Crippen LogP contribution in [0.3, 0.4) is 0 Å². The molecule has 1 amide bonds. The van der Waals surface area contributed by atoms with E-state index in [4.69, 9.17) is 4.74 Å². The van der Waals surface area contributed by atoms with Crippen LogP contribution in [0.15, 0.2) is 24.3 Å². The molecule has 0 aliphatic carbocycles. The minimum Gasteiger partial charge on any atom is -0.371 e. The van der Waals surface area contributed by atoms with Gasteiger partial charge in [-0.05, 0) is 50.7 Å². The highest BCUT2D eigenvalue weighted by Crippen LogP contribution is 2.30. The van der Waals surface area contributed by atoms with E-state index in [1.54, 1.807) is 0 Å². The number of fused-ring (bicyclic) bond motifs is 1. The SMILES string of the molecule is CCOC(C)C(=O)N1CCC(CN2CCc3ccccc32)CC1. The monoisotopic (exact) mass is 316 g/mol. The average molecular weight is 316 g/mol. The Morgan fingerprint density at radius 2 is 2.00 bits per heavy atom. The molecule has 4 heteroatoms. The molecular formula is C19H28N2O2. The Labute approximate surface area is 139 Å². The van der Waals surface area contributed by atoms with E-state index in [1.807, 2.05) is 18.7 Å². The Hall–Kier alpha value is -1.55.